The minimum absolute atomic E-state index is 0.638. The number of aliphatic hydroxyl groups excluding tert-OH is 1. The molecule has 1 aromatic heterocycles. The number of nitrogens with zero attached hydrogens (tertiary/aromatic N) is 2. The Morgan fingerprint density at radius 1 is 1.29 bits per heavy atom. The summed E-state index contributed by atoms with van der Waals surface area (Å²) < 4.78 is 6.87. The van der Waals surface area contributed by atoms with Gasteiger partial charge in [0.25, 0.3) is 0 Å². The molecule has 0 aliphatic rings. The molecule has 0 fully saturated rings. The molecule has 0 radical (unpaired) electrons. The Balaban J connectivity index is 2.20. The summed E-state index contributed by atoms with van der Waals surface area (Å²) in [6.45, 7) is 2.81. The summed E-state index contributed by atoms with van der Waals surface area (Å²) in [6, 6.07) is 7.38. The number of methoxy groups -OCH3 is 1. The second kappa shape index (κ2) is 5.01. The summed E-state index contributed by atoms with van der Waals surface area (Å²) in [5.41, 5.74) is 1.64. The maximum absolute atomic E-state index is 10.2. The highest BCUT2D eigenvalue weighted by molar-refractivity contribution is 5.32. The highest BCUT2D eigenvalue weighted by atomic mass is 16.5. The maximum Gasteiger partial charge on any atom is 0.118 e. The van der Waals surface area contributed by atoms with Crippen LogP contribution in [0.5, 0.6) is 5.75 Å². The topological polar surface area (TPSA) is 47.3 Å². The number of aromatic nitrogens is 2. The van der Waals surface area contributed by atoms with Gasteiger partial charge in [0, 0.05) is 18.3 Å². The fourth-order valence-electron chi connectivity index (χ4n) is 1.67. The maximum atomic E-state index is 10.2. The van der Waals surface area contributed by atoms with Crippen molar-refractivity contribution in [2.45, 2.75) is 19.6 Å². The largest absolute Gasteiger partial charge is 0.497 e. The van der Waals surface area contributed by atoms with Crippen LogP contribution < -0.4 is 4.74 Å². The van der Waals surface area contributed by atoms with Crippen LogP contribution in [-0.2, 0) is 6.54 Å². The van der Waals surface area contributed by atoms with Crippen LogP contribution in [0.15, 0.2) is 36.7 Å². The van der Waals surface area contributed by atoms with E-state index >= 15 is 0 Å². The van der Waals surface area contributed by atoms with Crippen LogP contribution in [0.3, 0.4) is 0 Å². The summed E-state index contributed by atoms with van der Waals surface area (Å²) in [5.74, 6) is 0.783. The van der Waals surface area contributed by atoms with E-state index < -0.39 is 6.10 Å². The van der Waals surface area contributed by atoms with Gasteiger partial charge in [-0.15, -0.1) is 0 Å². The first-order valence-electron chi connectivity index (χ1n) is 5.59. The lowest BCUT2D eigenvalue weighted by Crippen LogP contribution is -1.98. The second-order valence-electron chi connectivity index (χ2n) is 3.81. The number of rotatable bonds is 4. The smallest absolute Gasteiger partial charge is 0.118 e. The Kier molecular flexibility index (Phi) is 3.44. The zero-order valence-electron chi connectivity index (χ0n) is 10.00. The third-order valence-electron chi connectivity index (χ3n) is 2.72. The zero-order valence-corrected chi connectivity index (χ0v) is 10.00. The minimum Gasteiger partial charge on any atom is -0.497 e. The molecule has 0 spiro atoms. The highest BCUT2D eigenvalue weighted by Gasteiger charge is 2.12. The standard InChI is InChI=1S/C13H16N2O2/c1-3-15-9-11(8-14-15)13(16)10-4-6-12(17-2)7-5-10/h4-9,13,16H,3H2,1-2H3. The second-order valence-corrected chi connectivity index (χ2v) is 3.81. The van der Waals surface area contributed by atoms with E-state index in [2.05, 4.69) is 5.10 Å². The van der Waals surface area contributed by atoms with Crippen molar-refractivity contribution in [3.8, 4) is 5.75 Å². The van der Waals surface area contributed by atoms with Crippen LogP contribution in [0.4, 0.5) is 0 Å². The first-order chi connectivity index (χ1) is 8.24. The van der Waals surface area contributed by atoms with E-state index in [-0.39, 0.29) is 0 Å². The Hall–Kier alpha value is -1.81. The molecule has 17 heavy (non-hydrogen) atoms. The lowest BCUT2D eigenvalue weighted by molar-refractivity contribution is 0.220. The van der Waals surface area contributed by atoms with Crippen molar-refractivity contribution in [2.75, 3.05) is 7.11 Å². The van der Waals surface area contributed by atoms with Gasteiger partial charge in [0.05, 0.1) is 13.3 Å². The molecule has 90 valence electrons. The predicted octanol–water partition coefficient (Wildman–Crippen LogP) is 1.99. The van der Waals surface area contributed by atoms with Crippen molar-refractivity contribution in [1.29, 1.82) is 0 Å². The van der Waals surface area contributed by atoms with Crippen molar-refractivity contribution in [1.82, 2.24) is 9.78 Å². The average Bonchev–Trinajstić information content (AvgIpc) is 2.87. The monoisotopic (exact) mass is 232 g/mol. The fraction of sp³-hybridized carbons (Fsp3) is 0.308. The van der Waals surface area contributed by atoms with Gasteiger partial charge < -0.3 is 9.84 Å². The molecule has 2 aromatic rings. The molecule has 0 amide bonds. The number of hydrogen-bond acceptors (Lipinski definition) is 3. The van der Waals surface area contributed by atoms with Gasteiger partial charge in [0.1, 0.15) is 11.9 Å². The van der Waals surface area contributed by atoms with E-state index in [0.717, 1.165) is 23.4 Å². The minimum atomic E-state index is -0.638. The molecule has 2 rings (SSSR count). The van der Waals surface area contributed by atoms with Crippen molar-refractivity contribution in [3.63, 3.8) is 0 Å². The van der Waals surface area contributed by atoms with Gasteiger partial charge in [0.15, 0.2) is 0 Å². The lowest BCUT2D eigenvalue weighted by atomic mass is 10.0. The molecule has 1 N–H and O–H groups in total. The van der Waals surface area contributed by atoms with E-state index in [4.69, 9.17) is 4.74 Å². The zero-order chi connectivity index (χ0) is 12.3. The first kappa shape index (κ1) is 11.7. The fourth-order valence-corrected chi connectivity index (χ4v) is 1.67. The summed E-state index contributed by atoms with van der Waals surface area (Å²) in [6.07, 6.45) is 2.91. The molecule has 1 heterocycles. The molecule has 1 atom stereocenters. The molecule has 0 saturated carbocycles. The van der Waals surface area contributed by atoms with Gasteiger partial charge in [-0.2, -0.15) is 5.10 Å². The molecule has 0 saturated heterocycles. The average molecular weight is 232 g/mol. The molecule has 0 aliphatic heterocycles. The van der Waals surface area contributed by atoms with Gasteiger partial charge in [-0.25, -0.2) is 0 Å². The first-order valence-corrected chi connectivity index (χ1v) is 5.59. The van der Waals surface area contributed by atoms with E-state index in [1.54, 1.807) is 18.0 Å². The molecule has 0 bridgehead atoms. The van der Waals surface area contributed by atoms with Crippen LogP contribution in [-0.4, -0.2) is 22.0 Å². The van der Waals surface area contributed by atoms with Crippen molar-refractivity contribution < 1.29 is 9.84 Å². The van der Waals surface area contributed by atoms with E-state index in [9.17, 15) is 5.11 Å². The normalized spacial score (nSPS) is 12.4. The van der Waals surface area contributed by atoms with Gasteiger partial charge >= 0.3 is 0 Å². The molecule has 1 unspecified atom stereocenters. The van der Waals surface area contributed by atoms with Crippen LogP contribution in [0.25, 0.3) is 0 Å². The van der Waals surface area contributed by atoms with Crippen LogP contribution in [0.1, 0.15) is 24.2 Å². The highest BCUT2D eigenvalue weighted by Crippen LogP contribution is 2.23. The van der Waals surface area contributed by atoms with E-state index in [1.165, 1.54) is 0 Å². The SMILES string of the molecule is CCn1cc(C(O)c2ccc(OC)cc2)cn1. The van der Waals surface area contributed by atoms with Crippen LogP contribution in [0.2, 0.25) is 0 Å². The number of ether oxygens (including phenoxy) is 1. The summed E-state index contributed by atoms with van der Waals surface area (Å²) in [4.78, 5) is 0. The molecular formula is C13H16N2O2. The van der Waals surface area contributed by atoms with E-state index in [0.29, 0.717) is 0 Å². The summed E-state index contributed by atoms with van der Waals surface area (Å²) >= 11 is 0. The Morgan fingerprint density at radius 3 is 2.53 bits per heavy atom. The Labute approximate surface area is 100 Å². The van der Waals surface area contributed by atoms with Gasteiger partial charge in [0.2, 0.25) is 0 Å². The Bertz CT molecular complexity index is 476. The van der Waals surface area contributed by atoms with Crippen molar-refractivity contribution in [2.24, 2.45) is 0 Å². The molecular weight excluding hydrogens is 216 g/mol. The van der Waals surface area contributed by atoms with Gasteiger partial charge in [-0.1, -0.05) is 12.1 Å². The van der Waals surface area contributed by atoms with E-state index in [1.807, 2.05) is 37.4 Å². The number of hydrogen-bond donors (Lipinski definition) is 1. The number of benzene rings is 1. The van der Waals surface area contributed by atoms with Gasteiger partial charge in [-0.3, -0.25) is 4.68 Å². The quantitative estimate of drug-likeness (QED) is 0.877. The number of aliphatic hydroxyl groups is 1. The van der Waals surface area contributed by atoms with Crippen molar-refractivity contribution in [3.05, 3.63) is 47.8 Å². The molecule has 0 aliphatic carbocycles. The third kappa shape index (κ3) is 2.47. The molecule has 1 aromatic carbocycles. The van der Waals surface area contributed by atoms with Crippen LogP contribution in [0, 0.1) is 0 Å². The molecule has 4 heteroatoms. The van der Waals surface area contributed by atoms with Crippen molar-refractivity contribution >= 4 is 0 Å². The lowest BCUT2D eigenvalue weighted by Gasteiger charge is -2.09. The Morgan fingerprint density at radius 2 is 2.00 bits per heavy atom. The molecule has 4 nitrogen and oxygen atoms in total. The summed E-state index contributed by atoms with van der Waals surface area (Å²) in [5, 5.41) is 14.3. The predicted molar refractivity (Wildman–Crippen MR) is 65.0 cm³/mol. The summed E-state index contributed by atoms with van der Waals surface area (Å²) in [7, 11) is 1.62. The number of aryl methyl sites for hydroxylation is 1. The third-order valence-corrected chi connectivity index (χ3v) is 2.72. The van der Waals surface area contributed by atoms with Crippen LogP contribution >= 0.6 is 0 Å². The van der Waals surface area contributed by atoms with Gasteiger partial charge in [-0.05, 0) is 24.6 Å².